The number of nitrogens with zero attached hydrogens (tertiary/aromatic N) is 1. The van der Waals surface area contributed by atoms with E-state index in [9.17, 15) is 13.2 Å². The molecule has 1 rings (SSSR count). The lowest BCUT2D eigenvalue weighted by Gasteiger charge is -2.20. The highest BCUT2D eigenvalue weighted by molar-refractivity contribution is 7.88. The molecule has 21 heavy (non-hydrogen) atoms. The Labute approximate surface area is 124 Å². The van der Waals surface area contributed by atoms with E-state index in [1.54, 1.807) is 38.1 Å². The van der Waals surface area contributed by atoms with Gasteiger partial charge in [0, 0.05) is 6.04 Å². The Balaban J connectivity index is 2.91. The summed E-state index contributed by atoms with van der Waals surface area (Å²) in [5.41, 5.74) is 0.688. The lowest BCUT2D eigenvalue weighted by Crippen LogP contribution is -2.40. The van der Waals surface area contributed by atoms with E-state index in [2.05, 4.69) is 4.72 Å². The lowest BCUT2D eigenvalue weighted by molar-refractivity contribution is -0.137. The van der Waals surface area contributed by atoms with Crippen LogP contribution in [0.2, 0.25) is 0 Å². The van der Waals surface area contributed by atoms with Crippen molar-refractivity contribution in [1.29, 1.82) is 5.26 Å². The summed E-state index contributed by atoms with van der Waals surface area (Å²) in [4.78, 5) is 10.8. The van der Waals surface area contributed by atoms with E-state index in [1.165, 1.54) is 0 Å². The fourth-order valence-electron chi connectivity index (χ4n) is 1.83. The number of nitrogens with one attached hydrogen (secondary N) is 1. The van der Waals surface area contributed by atoms with Crippen molar-refractivity contribution in [2.75, 3.05) is 0 Å². The van der Waals surface area contributed by atoms with Crippen molar-refractivity contribution < 1.29 is 18.3 Å². The molecule has 6 nitrogen and oxygen atoms in total. The number of carboxylic acids is 1. The molecule has 0 aliphatic rings. The minimum Gasteiger partial charge on any atom is -0.481 e. The second-order valence-electron chi connectivity index (χ2n) is 5.09. The Kier molecular flexibility index (Phi) is 5.88. The van der Waals surface area contributed by atoms with Crippen molar-refractivity contribution in [2.24, 2.45) is 5.92 Å². The molecule has 1 aromatic rings. The average Bonchev–Trinajstić information content (AvgIpc) is 2.37. The monoisotopic (exact) mass is 310 g/mol. The van der Waals surface area contributed by atoms with Crippen LogP contribution in [0.25, 0.3) is 0 Å². The smallest absolute Gasteiger partial charge is 0.304 e. The van der Waals surface area contributed by atoms with Crippen LogP contribution in [0.1, 0.15) is 31.4 Å². The number of rotatable bonds is 7. The number of carbonyl (C=O) groups is 1. The van der Waals surface area contributed by atoms with Gasteiger partial charge < -0.3 is 5.11 Å². The van der Waals surface area contributed by atoms with Crippen LogP contribution in [0.4, 0.5) is 0 Å². The number of hydrogen-bond donors (Lipinski definition) is 2. The van der Waals surface area contributed by atoms with Gasteiger partial charge in [0.05, 0.1) is 23.8 Å². The van der Waals surface area contributed by atoms with E-state index < -0.39 is 22.0 Å². The molecule has 7 heteroatoms. The number of carboxylic acid groups (broad SMARTS) is 1. The van der Waals surface area contributed by atoms with Crippen molar-refractivity contribution >= 4 is 16.0 Å². The number of hydrogen-bond acceptors (Lipinski definition) is 4. The molecule has 1 atom stereocenters. The van der Waals surface area contributed by atoms with Crippen LogP contribution < -0.4 is 4.72 Å². The first-order valence-corrected chi connectivity index (χ1v) is 8.10. The van der Waals surface area contributed by atoms with Crippen LogP contribution >= 0.6 is 0 Å². The van der Waals surface area contributed by atoms with Gasteiger partial charge in [-0.15, -0.1) is 0 Å². The summed E-state index contributed by atoms with van der Waals surface area (Å²) in [6.07, 6.45) is -0.281. The topological polar surface area (TPSA) is 107 Å². The first-order valence-electron chi connectivity index (χ1n) is 6.45. The molecule has 0 bridgehead atoms. The zero-order valence-corrected chi connectivity index (χ0v) is 12.7. The SMILES string of the molecule is CC(C)C(CC(=O)O)NS(=O)(=O)Cc1ccccc1C#N. The molecular formula is C14H18N2O4S. The van der Waals surface area contributed by atoms with Crippen LogP contribution in [0.3, 0.4) is 0 Å². The van der Waals surface area contributed by atoms with E-state index in [0.717, 1.165) is 0 Å². The van der Waals surface area contributed by atoms with E-state index in [0.29, 0.717) is 11.1 Å². The third-order valence-electron chi connectivity index (χ3n) is 3.01. The van der Waals surface area contributed by atoms with Gasteiger partial charge in [0.1, 0.15) is 0 Å². The second kappa shape index (κ2) is 7.20. The summed E-state index contributed by atoms with van der Waals surface area (Å²) < 4.78 is 26.7. The van der Waals surface area contributed by atoms with Crippen molar-refractivity contribution in [3.05, 3.63) is 35.4 Å². The van der Waals surface area contributed by atoms with Crippen molar-refractivity contribution in [3.63, 3.8) is 0 Å². The van der Waals surface area contributed by atoms with Crippen LogP contribution in [-0.2, 0) is 20.6 Å². The van der Waals surface area contributed by atoms with Gasteiger partial charge in [-0.05, 0) is 17.5 Å². The Morgan fingerprint density at radius 3 is 2.52 bits per heavy atom. The lowest BCUT2D eigenvalue weighted by atomic mass is 10.0. The van der Waals surface area contributed by atoms with Crippen LogP contribution in [0.15, 0.2) is 24.3 Å². The minimum absolute atomic E-state index is 0.151. The molecule has 0 heterocycles. The third-order valence-corrected chi connectivity index (χ3v) is 4.37. The molecule has 0 amide bonds. The molecule has 0 aromatic heterocycles. The van der Waals surface area contributed by atoms with Gasteiger partial charge in [0.15, 0.2) is 0 Å². The van der Waals surface area contributed by atoms with E-state index >= 15 is 0 Å². The summed E-state index contributed by atoms with van der Waals surface area (Å²) in [5, 5.41) is 17.8. The quantitative estimate of drug-likeness (QED) is 0.793. The van der Waals surface area contributed by atoms with Gasteiger partial charge in [-0.1, -0.05) is 32.0 Å². The van der Waals surface area contributed by atoms with E-state index in [-0.39, 0.29) is 18.1 Å². The Morgan fingerprint density at radius 1 is 1.38 bits per heavy atom. The summed E-state index contributed by atoms with van der Waals surface area (Å²) >= 11 is 0. The first kappa shape index (κ1) is 17.1. The molecule has 0 saturated heterocycles. The molecule has 114 valence electrons. The Bertz CT molecular complexity index is 647. The largest absolute Gasteiger partial charge is 0.481 e. The maximum absolute atomic E-state index is 12.2. The summed E-state index contributed by atoms with van der Waals surface area (Å²) in [5.74, 6) is -1.56. The summed E-state index contributed by atoms with van der Waals surface area (Å²) in [7, 11) is -3.72. The molecule has 1 unspecified atom stereocenters. The normalized spacial score (nSPS) is 12.9. The minimum atomic E-state index is -3.72. The molecule has 0 aliphatic carbocycles. The van der Waals surface area contributed by atoms with Gasteiger partial charge in [-0.2, -0.15) is 5.26 Å². The highest BCUT2D eigenvalue weighted by atomic mass is 32.2. The number of benzene rings is 1. The van der Waals surface area contributed by atoms with Crippen molar-refractivity contribution in [1.82, 2.24) is 4.72 Å². The third kappa shape index (κ3) is 5.53. The summed E-state index contributed by atoms with van der Waals surface area (Å²) in [6, 6.07) is 7.69. The van der Waals surface area contributed by atoms with Crippen LogP contribution in [-0.4, -0.2) is 25.5 Å². The molecule has 0 fully saturated rings. The predicted molar refractivity (Wildman–Crippen MR) is 77.8 cm³/mol. The highest BCUT2D eigenvalue weighted by Crippen LogP contribution is 2.14. The van der Waals surface area contributed by atoms with Crippen molar-refractivity contribution in [3.8, 4) is 6.07 Å². The maximum atomic E-state index is 12.2. The molecular weight excluding hydrogens is 292 g/mol. The summed E-state index contributed by atoms with van der Waals surface area (Å²) in [6.45, 7) is 3.50. The average molecular weight is 310 g/mol. The second-order valence-corrected chi connectivity index (χ2v) is 6.85. The standard InChI is InChI=1S/C14H18N2O4S/c1-10(2)13(7-14(17)18)16-21(19,20)9-12-6-4-3-5-11(12)8-15/h3-6,10,13,16H,7,9H2,1-2H3,(H,17,18). The highest BCUT2D eigenvalue weighted by Gasteiger charge is 2.24. The molecule has 0 radical (unpaired) electrons. The van der Waals surface area contributed by atoms with Crippen LogP contribution in [0.5, 0.6) is 0 Å². The molecule has 0 aliphatic heterocycles. The Hall–Kier alpha value is -1.91. The van der Waals surface area contributed by atoms with E-state index in [4.69, 9.17) is 10.4 Å². The zero-order chi connectivity index (χ0) is 16.0. The molecule has 1 aromatic carbocycles. The fraction of sp³-hybridized carbons (Fsp3) is 0.429. The fourth-order valence-corrected chi connectivity index (χ4v) is 3.40. The molecule has 0 saturated carbocycles. The zero-order valence-electron chi connectivity index (χ0n) is 11.9. The Morgan fingerprint density at radius 2 is 2.00 bits per heavy atom. The van der Waals surface area contributed by atoms with Gasteiger partial charge >= 0.3 is 5.97 Å². The first-order chi connectivity index (χ1) is 9.75. The molecule has 0 spiro atoms. The predicted octanol–water partition coefficient (Wildman–Crippen LogP) is 1.48. The van der Waals surface area contributed by atoms with E-state index in [1.807, 2.05) is 6.07 Å². The van der Waals surface area contributed by atoms with Gasteiger partial charge in [0.2, 0.25) is 10.0 Å². The van der Waals surface area contributed by atoms with Gasteiger partial charge in [-0.3, -0.25) is 4.79 Å². The van der Waals surface area contributed by atoms with Crippen LogP contribution in [0, 0.1) is 17.2 Å². The maximum Gasteiger partial charge on any atom is 0.304 e. The van der Waals surface area contributed by atoms with Gasteiger partial charge in [-0.25, -0.2) is 13.1 Å². The number of sulfonamides is 1. The van der Waals surface area contributed by atoms with Gasteiger partial charge in [0.25, 0.3) is 0 Å². The molecule has 2 N–H and O–H groups in total. The van der Waals surface area contributed by atoms with Crippen molar-refractivity contribution in [2.45, 2.75) is 32.1 Å². The number of aliphatic carboxylic acids is 1. The number of nitriles is 1.